The van der Waals surface area contributed by atoms with Gasteiger partial charge >= 0.3 is 0 Å². The molecular formula is C25H50. The molecule has 0 amide bonds. The average Bonchev–Trinajstić information content (AvgIpc) is 2.57. The molecule has 1 aliphatic rings. The standard InChI is InChI=1S/C25H50/c1-10-14-16-25(9)17-21(15-11-2)24(7,8)18-23(25)20(6)22(13-4)19(5)12-3/h19-23H,10-18H2,1-9H3. The Balaban J connectivity index is 3.13. The van der Waals surface area contributed by atoms with Crippen molar-refractivity contribution in [3.63, 3.8) is 0 Å². The molecule has 0 heterocycles. The average molecular weight is 351 g/mol. The van der Waals surface area contributed by atoms with Crippen molar-refractivity contribution in [3.05, 3.63) is 0 Å². The van der Waals surface area contributed by atoms with Crippen LogP contribution in [0.3, 0.4) is 0 Å². The fraction of sp³-hybridized carbons (Fsp3) is 1.00. The van der Waals surface area contributed by atoms with Gasteiger partial charge in [-0.3, -0.25) is 0 Å². The van der Waals surface area contributed by atoms with Crippen LogP contribution >= 0.6 is 0 Å². The molecule has 25 heavy (non-hydrogen) atoms. The molecule has 0 aromatic rings. The zero-order chi connectivity index (χ0) is 19.3. The summed E-state index contributed by atoms with van der Waals surface area (Å²) < 4.78 is 0. The second-order valence-corrected chi connectivity index (χ2v) is 10.6. The van der Waals surface area contributed by atoms with E-state index in [0.717, 1.165) is 29.6 Å². The molecule has 0 bridgehead atoms. The van der Waals surface area contributed by atoms with E-state index in [0.29, 0.717) is 10.8 Å². The molecule has 0 aromatic heterocycles. The molecule has 0 N–H and O–H groups in total. The highest BCUT2D eigenvalue weighted by atomic mass is 14.5. The summed E-state index contributed by atoms with van der Waals surface area (Å²) in [6.07, 6.45) is 12.6. The van der Waals surface area contributed by atoms with Crippen LogP contribution in [0, 0.1) is 40.4 Å². The van der Waals surface area contributed by atoms with Crippen molar-refractivity contribution in [3.8, 4) is 0 Å². The second kappa shape index (κ2) is 9.80. The predicted octanol–water partition coefficient (Wildman–Crippen LogP) is 8.74. The highest BCUT2D eigenvalue weighted by Crippen LogP contribution is 2.59. The summed E-state index contributed by atoms with van der Waals surface area (Å²) in [7, 11) is 0. The number of unbranched alkanes of at least 4 members (excludes halogenated alkanes) is 1. The molecule has 1 aliphatic carbocycles. The smallest absolute Gasteiger partial charge is 0.0292 e. The molecule has 0 spiro atoms. The van der Waals surface area contributed by atoms with E-state index in [1.807, 2.05) is 0 Å². The van der Waals surface area contributed by atoms with E-state index >= 15 is 0 Å². The predicted molar refractivity (Wildman–Crippen MR) is 115 cm³/mol. The van der Waals surface area contributed by atoms with Gasteiger partial charge in [0.15, 0.2) is 0 Å². The second-order valence-electron chi connectivity index (χ2n) is 10.6. The number of hydrogen-bond donors (Lipinski definition) is 0. The lowest BCUT2D eigenvalue weighted by molar-refractivity contribution is -0.0640. The third kappa shape index (κ3) is 5.49. The molecule has 150 valence electrons. The van der Waals surface area contributed by atoms with Crippen molar-refractivity contribution >= 4 is 0 Å². The summed E-state index contributed by atoms with van der Waals surface area (Å²) in [5.74, 6) is 4.46. The topological polar surface area (TPSA) is 0 Å². The van der Waals surface area contributed by atoms with Crippen LogP contribution in [-0.4, -0.2) is 0 Å². The molecule has 0 saturated heterocycles. The van der Waals surface area contributed by atoms with Crippen LogP contribution in [0.5, 0.6) is 0 Å². The van der Waals surface area contributed by atoms with Gasteiger partial charge < -0.3 is 0 Å². The first-order chi connectivity index (χ1) is 11.7. The minimum absolute atomic E-state index is 0.522. The van der Waals surface area contributed by atoms with Gasteiger partial charge in [0, 0.05) is 0 Å². The Morgan fingerprint density at radius 1 is 0.880 bits per heavy atom. The highest BCUT2D eigenvalue weighted by Gasteiger charge is 2.50. The fourth-order valence-electron chi connectivity index (χ4n) is 6.39. The Morgan fingerprint density at radius 3 is 2.00 bits per heavy atom. The fourth-order valence-corrected chi connectivity index (χ4v) is 6.39. The molecule has 1 rings (SSSR count). The summed E-state index contributed by atoms with van der Waals surface area (Å²) in [4.78, 5) is 0. The lowest BCUT2D eigenvalue weighted by atomic mass is 9.49. The molecular weight excluding hydrogens is 300 g/mol. The van der Waals surface area contributed by atoms with Gasteiger partial charge in [0.2, 0.25) is 0 Å². The van der Waals surface area contributed by atoms with Crippen molar-refractivity contribution in [2.45, 2.75) is 120 Å². The molecule has 0 aliphatic heterocycles. The monoisotopic (exact) mass is 350 g/mol. The molecule has 0 radical (unpaired) electrons. The van der Waals surface area contributed by atoms with Crippen molar-refractivity contribution in [1.29, 1.82) is 0 Å². The van der Waals surface area contributed by atoms with Crippen LogP contribution in [0.15, 0.2) is 0 Å². The normalized spacial score (nSPS) is 33.0. The van der Waals surface area contributed by atoms with Crippen molar-refractivity contribution in [2.75, 3.05) is 0 Å². The van der Waals surface area contributed by atoms with Gasteiger partial charge in [-0.2, -0.15) is 0 Å². The minimum atomic E-state index is 0.522. The summed E-state index contributed by atoms with van der Waals surface area (Å²) in [6, 6.07) is 0. The molecule has 6 unspecified atom stereocenters. The maximum atomic E-state index is 2.67. The number of hydrogen-bond acceptors (Lipinski definition) is 0. The van der Waals surface area contributed by atoms with Gasteiger partial charge in [-0.05, 0) is 59.7 Å². The summed E-state index contributed by atoms with van der Waals surface area (Å²) in [6.45, 7) is 22.5. The van der Waals surface area contributed by atoms with Crippen molar-refractivity contribution < 1.29 is 0 Å². The summed E-state index contributed by atoms with van der Waals surface area (Å²) in [5.41, 5.74) is 1.08. The van der Waals surface area contributed by atoms with Crippen LogP contribution in [0.4, 0.5) is 0 Å². The third-order valence-corrected chi connectivity index (χ3v) is 8.35. The molecule has 1 saturated carbocycles. The Bertz CT molecular complexity index is 368. The van der Waals surface area contributed by atoms with Gasteiger partial charge in [-0.1, -0.05) is 101 Å². The van der Waals surface area contributed by atoms with Crippen LogP contribution in [-0.2, 0) is 0 Å². The summed E-state index contributed by atoms with van der Waals surface area (Å²) in [5, 5.41) is 0. The zero-order valence-corrected chi connectivity index (χ0v) is 19.3. The highest BCUT2D eigenvalue weighted by molar-refractivity contribution is 4.99. The number of rotatable bonds is 10. The van der Waals surface area contributed by atoms with E-state index in [1.54, 1.807) is 0 Å². The van der Waals surface area contributed by atoms with Gasteiger partial charge in [0.05, 0.1) is 0 Å². The minimum Gasteiger partial charge on any atom is -0.0654 e. The Morgan fingerprint density at radius 2 is 1.52 bits per heavy atom. The van der Waals surface area contributed by atoms with E-state index in [1.165, 1.54) is 57.8 Å². The maximum absolute atomic E-state index is 2.67. The van der Waals surface area contributed by atoms with E-state index in [2.05, 4.69) is 62.3 Å². The Kier molecular flexibility index (Phi) is 9.03. The van der Waals surface area contributed by atoms with E-state index in [-0.39, 0.29) is 0 Å². The van der Waals surface area contributed by atoms with E-state index in [9.17, 15) is 0 Å². The molecule has 6 atom stereocenters. The molecule has 1 fully saturated rings. The van der Waals surface area contributed by atoms with E-state index < -0.39 is 0 Å². The first-order valence-corrected chi connectivity index (χ1v) is 11.7. The molecule has 0 aromatic carbocycles. The van der Waals surface area contributed by atoms with Gasteiger partial charge in [-0.25, -0.2) is 0 Å². The van der Waals surface area contributed by atoms with Gasteiger partial charge in [0.25, 0.3) is 0 Å². The van der Waals surface area contributed by atoms with Crippen LogP contribution in [0.2, 0.25) is 0 Å². The van der Waals surface area contributed by atoms with Gasteiger partial charge in [-0.15, -0.1) is 0 Å². The Hall–Kier alpha value is 0. The Labute approximate surface area is 160 Å². The van der Waals surface area contributed by atoms with Crippen LogP contribution in [0.1, 0.15) is 120 Å². The first-order valence-electron chi connectivity index (χ1n) is 11.7. The SMILES string of the molecule is CCCCC1(C)CC(CCC)C(C)(C)CC1C(C)C(CC)C(C)CC. The molecule has 0 heteroatoms. The lowest BCUT2D eigenvalue weighted by Crippen LogP contribution is -2.47. The van der Waals surface area contributed by atoms with Gasteiger partial charge in [0.1, 0.15) is 0 Å². The van der Waals surface area contributed by atoms with Crippen LogP contribution in [0.25, 0.3) is 0 Å². The largest absolute Gasteiger partial charge is 0.0654 e. The van der Waals surface area contributed by atoms with E-state index in [4.69, 9.17) is 0 Å². The lowest BCUT2D eigenvalue weighted by Gasteiger charge is -2.56. The quantitative estimate of drug-likeness (QED) is 0.369. The van der Waals surface area contributed by atoms with Crippen molar-refractivity contribution in [1.82, 2.24) is 0 Å². The maximum Gasteiger partial charge on any atom is -0.0292 e. The van der Waals surface area contributed by atoms with Crippen LogP contribution < -0.4 is 0 Å². The van der Waals surface area contributed by atoms with Crippen molar-refractivity contribution in [2.24, 2.45) is 40.4 Å². The first kappa shape index (κ1) is 23.0. The summed E-state index contributed by atoms with van der Waals surface area (Å²) >= 11 is 0. The zero-order valence-electron chi connectivity index (χ0n) is 19.3. The third-order valence-electron chi connectivity index (χ3n) is 8.35. The molecule has 0 nitrogen and oxygen atoms in total.